The average molecular weight is 255 g/mol. The molecule has 0 unspecified atom stereocenters. The zero-order chi connectivity index (χ0) is 13.1. The predicted molar refractivity (Wildman–Crippen MR) is 47.4 cm³/mol. The number of anilines is 1. The van der Waals surface area contributed by atoms with E-state index in [9.17, 15) is 26.7 Å². The Hall–Kier alpha value is -1.86. The molecular formula is C9H6F5NO2. The van der Waals surface area contributed by atoms with E-state index in [1.165, 1.54) is 0 Å². The number of hydrogen-bond donors (Lipinski definition) is 1. The molecular weight excluding hydrogens is 249 g/mol. The van der Waals surface area contributed by atoms with Crippen LogP contribution < -0.4 is 5.32 Å². The lowest BCUT2D eigenvalue weighted by Crippen LogP contribution is -2.23. The van der Waals surface area contributed by atoms with Gasteiger partial charge in [0.25, 0.3) is 0 Å². The Morgan fingerprint density at radius 2 is 1.94 bits per heavy atom. The Bertz CT molecular complexity index is 418. The van der Waals surface area contributed by atoms with Gasteiger partial charge in [-0.3, -0.25) is 5.32 Å². The maximum Gasteiger partial charge on any atom is 0.422 e. The lowest BCUT2D eigenvalue weighted by Gasteiger charge is -2.09. The van der Waals surface area contributed by atoms with Crippen LogP contribution in [0.15, 0.2) is 18.2 Å². The van der Waals surface area contributed by atoms with Crippen molar-refractivity contribution >= 4 is 11.8 Å². The maximum absolute atomic E-state index is 13.0. The number of carbonyl (C=O) groups excluding carboxylic acids is 1. The van der Waals surface area contributed by atoms with Gasteiger partial charge in [0.05, 0.1) is 5.69 Å². The number of hydrogen-bond acceptors (Lipinski definition) is 2. The Balaban J connectivity index is 2.60. The molecule has 1 aromatic rings. The van der Waals surface area contributed by atoms with Crippen LogP contribution in [-0.2, 0) is 4.74 Å². The van der Waals surface area contributed by atoms with Crippen LogP contribution >= 0.6 is 0 Å². The monoisotopic (exact) mass is 255 g/mol. The van der Waals surface area contributed by atoms with E-state index >= 15 is 0 Å². The first-order valence-corrected chi connectivity index (χ1v) is 4.24. The summed E-state index contributed by atoms with van der Waals surface area (Å²) in [4.78, 5) is 10.8. The molecule has 0 saturated carbocycles. The SMILES string of the molecule is O=C(Nc1cccc(F)c1F)OCC(F)(F)F. The number of alkyl halides is 3. The second-order valence-corrected chi connectivity index (χ2v) is 2.92. The molecule has 0 fully saturated rings. The molecule has 8 heteroatoms. The van der Waals surface area contributed by atoms with E-state index in [2.05, 4.69) is 4.74 Å². The first kappa shape index (κ1) is 13.2. The van der Waals surface area contributed by atoms with Crippen LogP contribution in [0.25, 0.3) is 0 Å². The molecule has 0 radical (unpaired) electrons. The van der Waals surface area contributed by atoms with Crippen molar-refractivity contribution in [3.05, 3.63) is 29.8 Å². The molecule has 3 nitrogen and oxygen atoms in total. The number of rotatable bonds is 2. The second kappa shape index (κ2) is 4.98. The van der Waals surface area contributed by atoms with Crippen LogP contribution in [0.1, 0.15) is 0 Å². The van der Waals surface area contributed by atoms with Crippen LogP contribution in [0.3, 0.4) is 0 Å². The molecule has 0 aromatic heterocycles. The van der Waals surface area contributed by atoms with Crippen LogP contribution in [0.5, 0.6) is 0 Å². The lowest BCUT2D eigenvalue weighted by atomic mass is 10.3. The molecule has 1 amide bonds. The number of nitrogens with one attached hydrogen (secondary N) is 1. The van der Waals surface area contributed by atoms with Gasteiger partial charge in [-0.1, -0.05) is 6.07 Å². The summed E-state index contributed by atoms with van der Waals surface area (Å²) in [6.45, 7) is -1.81. The van der Waals surface area contributed by atoms with Crippen LogP contribution in [0.4, 0.5) is 32.4 Å². The Kier molecular flexibility index (Phi) is 3.87. The molecule has 0 aliphatic carbocycles. The molecule has 1 rings (SSSR count). The topological polar surface area (TPSA) is 38.3 Å². The molecule has 17 heavy (non-hydrogen) atoms. The molecule has 0 spiro atoms. The number of halogens is 5. The highest BCUT2D eigenvalue weighted by Crippen LogP contribution is 2.18. The number of amides is 1. The summed E-state index contributed by atoms with van der Waals surface area (Å²) in [5, 5.41) is 1.65. The number of benzene rings is 1. The minimum Gasteiger partial charge on any atom is -0.440 e. The first-order valence-electron chi connectivity index (χ1n) is 4.24. The Morgan fingerprint density at radius 1 is 1.29 bits per heavy atom. The summed E-state index contributed by atoms with van der Waals surface area (Å²) < 4.78 is 64.3. The van der Waals surface area contributed by atoms with Gasteiger partial charge in [-0.05, 0) is 12.1 Å². The highest BCUT2D eigenvalue weighted by Gasteiger charge is 2.29. The smallest absolute Gasteiger partial charge is 0.422 e. The van der Waals surface area contributed by atoms with Gasteiger partial charge in [0.15, 0.2) is 18.2 Å². The van der Waals surface area contributed by atoms with Gasteiger partial charge in [-0.2, -0.15) is 13.2 Å². The first-order chi connectivity index (χ1) is 7.79. The van der Waals surface area contributed by atoms with Crippen LogP contribution in [0.2, 0.25) is 0 Å². The summed E-state index contributed by atoms with van der Waals surface area (Å²) in [5.41, 5.74) is -0.600. The summed E-state index contributed by atoms with van der Waals surface area (Å²) in [7, 11) is 0. The molecule has 94 valence electrons. The molecule has 0 saturated heterocycles. The molecule has 0 aliphatic rings. The fourth-order valence-corrected chi connectivity index (χ4v) is 0.894. The zero-order valence-corrected chi connectivity index (χ0v) is 8.15. The fraction of sp³-hybridized carbons (Fsp3) is 0.222. The third-order valence-corrected chi connectivity index (χ3v) is 1.56. The van der Waals surface area contributed by atoms with Crippen molar-refractivity contribution in [2.45, 2.75) is 6.18 Å². The third kappa shape index (κ3) is 4.25. The van der Waals surface area contributed by atoms with E-state index < -0.39 is 36.2 Å². The molecule has 1 aromatic carbocycles. The van der Waals surface area contributed by atoms with Crippen LogP contribution in [-0.4, -0.2) is 18.9 Å². The zero-order valence-electron chi connectivity index (χ0n) is 8.15. The van der Waals surface area contributed by atoms with Crippen molar-refractivity contribution in [2.75, 3.05) is 11.9 Å². The highest BCUT2D eigenvalue weighted by molar-refractivity contribution is 5.84. The van der Waals surface area contributed by atoms with Gasteiger partial charge in [0, 0.05) is 0 Å². The van der Waals surface area contributed by atoms with Gasteiger partial charge in [-0.15, -0.1) is 0 Å². The van der Waals surface area contributed by atoms with Crippen molar-refractivity contribution in [3.63, 3.8) is 0 Å². The molecule has 0 aliphatic heterocycles. The van der Waals surface area contributed by atoms with E-state index in [0.717, 1.165) is 18.2 Å². The Labute approximate surface area is 92.2 Å². The summed E-state index contributed by atoms with van der Waals surface area (Å²) in [6, 6.07) is 2.85. The second-order valence-electron chi connectivity index (χ2n) is 2.92. The molecule has 0 heterocycles. The normalized spacial score (nSPS) is 11.1. The molecule has 0 bridgehead atoms. The lowest BCUT2D eigenvalue weighted by molar-refractivity contribution is -0.159. The van der Waals surface area contributed by atoms with Gasteiger partial charge in [-0.25, -0.2) is 13.6 Å². The number of carbonyl (C=O) groups is 1. The van der Waals surface area contributed by atoms with Crippen LogP contribution in [0, 0.1) is 11.6 Å². The van der Waals surface area contributed by atoms with Gasteiger partial charge < -0.3 is 4.74 Å². The standard InChI is InChI=1S/C9H6F5NO2/c10-5-2-1-3-6(7(5)11)15-8(16)17-4-9(12,13)14/h1-3H,4H2,(H,15,16). The summed E-state index contributed by atoms with van der Waals surface area (Å²) >= 11 is 0. The quantitative estimate of drug-likeness (QED) is 0.825. The van der Waals surface area contributed by atoms with Gasteiger partial charge in [0.2, 0.25) is 0 Å². The maximum atomic E-state index is 13.0. The summed E-state index contributed by atoms with van der Waals surface area (Å²) in [6.07, 6.45) is -6.20. The molecule has 1 N–H and O–H groups in total. The van der Waals surface area contributed by atoms with Gasteiger partial charge in [0.1, 0.15) is 0 Å². The third-order valence-electron chi connectivity index (χ3n) is 1.56. The van der Waals surface area contributed by atoms with Gasteiger partial charge >= 0.3 is 12.3 Å². The van der Waals surface area contributed by atoms with E-state index in [1.54, 1.807) is 5.32 Å². The minimum absolute atomic E-state index is 0.600. The van der Waals surface area contributed by atoms with E-state index in [4.69, 9.17) is 0 Å². The number of ether oxygens (including phenoxy) is 1. The van der Waals surface area contributed by atoms with Crippen molar-refractivity contribution in [2.24, 2.45) is 0 Å². The van der Waals surface area contributed by atoms with Crippen molar-refractivity contribution in [1.82, 2.24) is 0 Å². The Morgan fingerprint density at radius 3 is 2.53 bits per heavy atom. The van der Waals surface area contributed by atoms with Crippen molar-refractivity contribution < 1.29 is 31.5 Å². The van der Waals surface area contributed by atoms with Crippen molar-refractivity contribution in [3.8, 4) is 0 Å². The van der Waals surface area contributed by atoms with E-state index in [0.29, 0.717) is 0 Å². The largest absolute Gasteiger partial charge is 0.440 e. The fourth-order valence-electron chi connectivity index (χ4n) is 0.894. The van der Waals surface area contributed by atoms with E-state index in [-0.39, 0.29) is 0 Å². The highest BCUT2D eigenvalue weighted by atomic mass is 19.4. The summed E-state index contributed by atoms with van der Waals surface area (Å²) in [5.74, 6) is -2.62. The van der Waals surface area contributed by atoms with Crippen molar-refractivity contribution in [1.29, 1.82) is 0 Å². The van der Waals surface area contributed by atoms with E-state index in [1.807, 2.05) is 0 Å². The molecule has 0 atom stereocenters. The average Bonchev–Trinajstić information content (AvgIpc) is 2.21. The minimum atomic E-state index is -4.68. The predicted octanol–water partition coefficient (Wildman–Crippen LogP) is 3.08.